The second kappa shape index (κ2) is 7.15. The number of rotatable bonds is 7. The molecule has 0 aromatic carbocycles. The summed E-state index contributed by atoms with van der Waals surface area (Å²) in [6.07, 6.45) is 3.99. The highest BCUT2D eigenvalue weighted by molar-refractivity contribution is 7.99. The summed E-state index contributed by atoms with van der Waals surface area (Å²) in [6, 6.07) is 0.478. The summed E-state index contributed by atoms with van der Waals surface area (Å²) in [5, 5.41) is 12.3. The van der Waals surface area contributed by atoms with Gasteiger partial charge in [-0.25, -0.2) is 0 Å². The summed E-state index contributed by atoms with van der Waals surface area (Å²) in [6.45, 7) is 7.22. The number of ether oxygens (including phenoxy) is 1. The summed E-state index contributed by atoms with van der Waals surface area (Å²) in [5.74, 6) is 1.25. The fourth-order valence-electron chi connectivity index (χ4n) is 2.37. The van der Waals surface area contributed by atoms with Gasteiger partial charge in [-0.15, -0.1) is 16.8 Å². The van der Waals surface area contributed by atoms with Gasteiger partial charge in [0.15, 0.2) is 5.16 Å². The molecule has 1 amide bonds. The summed E-state index contributed by atoms with van der Waals surface area (Å²) >= 11 is 1.44. The lowest BCUT2D eigenvalue weighted by Crippen LogP contribution is -2.38. The molecule has 2 aliphatic rings. The van der Waals surface area contributed by atoms with Crippen molar-refractivity contribution in [2.45, 2.75) is 24.0 Å². The van der Waals surface area contributed by atoms with Gasteiger partial charge in [0.1, 0.15) is 0 Å². The number of thioether (sulfide) groups is 1. The zero-order valence-electron chi connectivity index (χ0n) is 12.5. The molecule has 22 heavy (non-hydrogen) atoms. The van der Waals surface area contributed by atoms with Crippen molar-refractivity contribution in [2.75, 3.05) is 43.5 Å². The Morgan fingerprint density at radius 3 is 2.86 bits per heavy atom. The number of nitrogens with one attached hydrogen (secondary N) is 1. The summed E-state index contributed by atoms with van der Waals surface area (Å²) < 4.78 is 7.59. The zero-order valence-corrected chi connectivity index (χ0v) is 13.3. The van der Waals surface area contributed by atoms with Crippen molar-refractivity contribution in [3.05, 3.63) is 12.7 Å². The van der Waals surface area contributed by atoms with E-state index in [9.17, 15) is 4.79 Å². The van der Waals surface area contributed by atoms with Crippen LogP contribution in [0.4, 0.5) is 5.95 Å². The zero-order chi connectivity index (χ0) is 15.4. The molecule has 0 atom stereocenters. The number of hydrogen-bond donors (Lipinski definition) is 1. The maximum atomic E-state index is 11.7. The van der Waals surface area contributed by atoms with Crippen LogP contribution in [0.5, 0.6) is 0 Å². The lowest BCUT2D eigenvalue weighted by Gasteiger charge is -2.27. The second-order valence-corrected chi connectivity index (χ2v) is 6.31. The van der Waals surface area contributed by atoms with Crippen LogP contribution in [0.15, 0.2) is 17.8 Å². The van der Waals surface area contributed by atoms with Gasteiger partial charge in [0.05, 0.1) is 19.0 Å². The number of morpholine rings is 1. The lowest BCUT2D eigenvalue weighted by atomic mass is 10.4. The van der Waals surface area contributed by atoms with E-state index >= 15 is 0 Å². The van der Waals surface area contributed by atoms with Gasteiger partial charge in [-0.2, -0.15) is 0 Å². The van der Waals surface area contributed by atoms with Gasteiger partial charge >= 0.3 is 0 Å². The van der Waals surface area contributed by atoms with Crippen molar-refractivity contribution in [1.82, 2.24) is 20.1 Å². The van der Waals surface area contributed by atoms with Gasteiger partial charge in [0.2, 0.25) is 11.9 Å². The molecule has 1 aromatic rings. The topological polar surface area (TPSA) is 72.3 Å². The highest BCUT2D eigenvalue weighted by Gasteiger charge is 2.32. The fourth-order valence-corrected chi connectivity index (χ4v) is 3.20. The van der Waals surface area contributed by atoms with Crippen LogP contribution in [0.25, 0.3) is 0 Å². The van der Waals surface area contributed by atoms with Crippen molar-refractivity contribution < 1.29 is 9.53 Å². The molecule has 3 rings (SSSR count). The highest BCUT2D eigenvalue weighted by Crippen LogP contribution is 2.40. The second-order valence-electron chi connectivity index (χ2n) is 5.36. The maximum Gasteiger partial charge on any atom is 0.230 e. The molecule has 8 heteroatoms. The van der Waals surface area contributed by atoms with E-state index in [1.807, 2.05) is 0 Å². The third-order valence-electron chi connectivity index (χ3n) is 3.63. The quantitative estimate of drug-likeness (QED) is 0.592. The molecule has 1 saturated carbocycles. The Kier molecular flexibility index (Phi) is 4.99. The van der Waals surface area contributed by atoms with Crippen LogP contribution in [0, 0.1) is 0 Å². The first kappa shape index (κ1) is 15.4. The molecule has 120 valence electrons. The number of anilines is 1. The number of aromatic nitrogens is 3. The van der Waals surface area contributed by atoms with Crippen molar-refractivity contribution in [3.63, 3.8) is 0 Å². The normalized spacial score (nSPS) is 18.3. The third-order valence-corrected chi connectivity index (χ3v) is 4.57. The monoisotopic (exact) mass is 323 g/mol. The minimum absolute atomic E-state index is 0.0110. The SMILES string of the molecule is C=CCNC(=O)CSc1nnc(N2CCOCC2)n1C1CC1. The number of nitrogens with zero attached hydrogens (tertiary/aromatic N) is 4. The Morgan fingerprint density at radius 2 is 2.18 bits per heavy atom. The average Bonchev–Trinajstić information content (AvgIpc) is 3.31. The van der Waals surface area contributed by atoms with Crippen molar-refractivity contribution in [3.8, 4) is 0 Å². The Hall–Kier alpha value is -1.54. The average molecular weight is 323 g/mol. The lowest BCUT2D eigenvalue weighted by molar-refractivity contribution is -0.118. The predicted molar refractivity (Wildman–Crippen MR) is 85.3 cm³/mol. The van der Waals surface area contributed by atoms with E-state index in [4.69, 9.17) is 4.74 Å². The highest BCUT2D eigenvalue weighted by atomic mass is 32.2. The van der Waals surface area contributed by atoms with E-state index in [0.717, 1.165) is 50.2 Å². The van der Waals surface area contributed by atoms with Crippen LogP contribution in [0.3, 0.4) is 0 Å². The third kappa shape index (κ3) is 3.61. The van der Waals surface area contributed by atoms with Crippen molar-refractivity contribution in [2.24, 2.45) is 0 Å². The fraction of sp³-hybridized carbons (Fsp3) is 0.643. The standard InChI is InChI=1S/C14H21N5O2S/c1-2-5-15-12(20)10-22-14-17-16-13(19(14)11-3-4-11)18-6-8-21-9-7-18/h2,11H,1,3-10H2,(H,15,20). The molecule has 1 aliphatic carbocycles. The maximum absolute atomic E-state index is 11.7. The van der Waals surface area contributed by atoms with Crippen LogP contribution >= 0.6 is 11.8 Å². The van der Waals surface area contributed by atoms with E-state index in [2.05, 4.69) is 31.6 Å². The van der Waals surface area contributed by atoms with Gasteiger partial charge in [0.25, 0.3) is 0 Å². The van der Waals surface area contributed by atoms with E-state index < -0.39 is 0 Å². The van der Waals surface area contributed by atoms with Gasteiger partial charge in [-0.3, -0.25) is 9.36 Å². The molecule has 0 spiro atoms. The minimum Gasteiger partial charge on any atom is -0.378 e. The van der Waals surface area contributed by atoms with Gasteiger partial charge in [-0.1, -0.05) is 17.8 Å². The molecular formula is C14H21N5O2S. The van der Waals surface area contributed by atoms with E-state index in [-0.39, 0.29) is 5.91 Å². The van der Waals surface area contributed by atoms with Crippen LogP contribution in [0.2, 0.25) is 0 Å². The largest absolute Gasteiger partial charge is 0.378 e. The first-order valence-corrected chi connectivity index (χ1v) is 8.56. The Labute approximate surface area is 134 Å². The number of carbonyl (C=O) groups is 1. The molecule has 2 heterocycles. The Bertz CT molecular complexity index is 537. The van der Waals surface area contributed by atoms with Crippen LogP contribution in [0.1, 0.15) is 18.9 Å². The molecule has 0 radical (unpaired) electrons. The van der Waals surface area contributed by atoms with Crippen LogP contribution in [-0.4, -0.2) is 59.3 Å². The Morgan fingerprint density at radius 1 is 1.41 bits per heavy atom. The minimum atomic E-state index is -0.0110. The summed E-state index contributed by atoms with van der Waals surface area (Å²) in [5.41, 5.74) is 0. The van der Waals surface area contributed by atoms with Gasteiger partial charge in [-0.05, 0) is 12.8 Å². The number of hydrogen-bond acceptors (Lipinski definition) is 6. The molecule has 7 nitrogen and oxygen atoms in total. The molecule has 2 fully saturated rings. The van der Waals surface area contributed by atoms with Crippen molar-refractivity contribution >= 4 is 23.6 Å². The molecule has 1 aliphatic heterocycles. The molecule has 1 saturated heterocycles. The summed E-state index contributed by atoms with van der Waals surface area (Å²) in [7, 11) is 0. The molecule has 1 N–H and O–H groups in total. The van der Waals surface area contributed by atoms with E-state index in [1.54, 1.807) is 6.08 Å². The van der Waals surface area contributed by atoms with Gasteiger partial charge in [0, 0.05) is 25.7 Å². The van der Waals surface area contributed by atoms with Gasteiger partial charge < -0.3 is 15.0 Å². The first-order valence-electron chi connectivity index (χ1n) is 7.57. The van der Waals surface area contributed by atoms with Crippen molar-refractivity contribution in [1.29, 1.82) is 0 Å². The molecule has 1 aromatic heterocycles. The molecular weight excluding hydrogens is 302 g/mol. The summed E-state index contributed by atoms with van der Waals surface area (Å²) in [4.78, 5) is 13.9. The van der Waals surface area contributed by atoms with Crippen LogP contribution < -0.4 is 10.2 Å². The predicted octanol–water partition coefficient (Wildman–Crippen LogP) is 0.844. The smallest absolute Gasteiger partial charge is 0.230 e. The van der Waals surface area contributed by atoms with E-state index in [1.165, 1.54) is 11.8 Å². The number of amides is 1. The Balaban J connectivity index is 1.67. The molecule has 0 unspecified atom stereocenters. The van der Waals surface area contributed by atoms with E-state index in [0.29, 0.717) is 18.3 Å². The first-order chi connectivity index (χ1) is 10.8. The molecule has 0 bridgehead atoms. The van der Waals surface area contributed by atoms with Crippen LogP contribution in [-0.2, 0) is 9.53 Å². The number of carbonyl (C=O) groups excluding carboxylic acids is 1.